The average Bonchev–Trinajstić information content (AvgIpc) is 2.54. The molecule has 2 aromatic carbocycles. The second kappa shape index (κ2) is 5.94. The first-order valence-electron chi connectivity index (χ1n) is 6.92. The lowest BCUT2D eigenvalue weighted by Gasteiger charge is -2.26. The highest BCUT2D eigenvalue weighted by molar-refractivity contribution is 5.38. The van der Waals surface area contributed by atoms with E-state index in [4.69, 9.17) is 10.00 Å². The molecule has 21 heavy (non-hydrogen) atoms. The van der Waals surface area contributed by atoms with Crippen molar-refractivity contribution in [1.29, 1.82) is 5.26 Å². The minimum Gasteiger partial charge on any atom is -0.493 e. The lowest BCUT2D eigenvalue weighted by Crippen LogP contribution is -2.27. The SMILES string of the molecule is N#Cc1cccc(CNC2CCOc3ccccc32)c1F. The Hall–Kier alpha value is -2.38. The van der Waals surface area contributed by atoms with Crippen molar-refractivity contribution in [2.24, 2.45) is 0 Å². The molecule has 3 rings (SSSR count). The zero-order valence-electron chi connectivity index (χ0n) is 11.5. The molecular formula is C17H15FN2O. The Morgan fingerprint density at radius 2 is 2.10 bits per heavy atom. The molecule has 106 valence electrons. The first kappa shape index (κ1) is 13.6. The molecule has 0 amide bonds. The topological polar surface area (TPSA) is 45.0 Å². The predicted octanol–water partition coefficient (Wildman–Crippen LogP) is 3.31. The fraction of sp³-hybridized carbons (Fsp3) is 0.235. The largest absolute Gasteiger partial charge is 0.493 e. The monoisotopic (exact) mass is 282 g/mol. The number of benzene rings is 2. The van der Waals surface area contributed by atoms with Crippen LogP contribution >= 0.6 is 0 Å². The molecule has 3 nitrogen and oxygen atoms in total. The van der Waals surface area contributed by atoms with Gasteiger partial charge in [0.05, 0.1) is 12.2 Å². The minimum absolute atomic E-state index is 0.0849. The molecule has 2 aromatic rings. The maximum atomic E-state index is 14.0. The van der Waals surface area contributed by atoms with E-state index in [0.717, 1.165) is 17.7 Å². The van der Waals surface area contributed by atoms with E-state index < -0.39 is 5.82 Å². The van der Waals surface area contributed by atoms with E-state index in [9.17, 15) is 4.39 Å². The molecule has 1 unspecified atom stereocenters. The van der Waals surface area contributed by atoms with Crippen LogP contribution < -0.4 is 10.1 Å². The summed E-state index contributed by atoms with van der Waals surface area (Å²) in [5.41, 5.74) is 1.69. The van der Waals surface area contributed by atoms with E-state index in [1.54, 1.807) is 12.1 Å². The maximum Gasteiger partial charge on any atom is 0.145 e. The number of fused-ring (bicyclic) bond motifs is 1. The summed E-state index contributed by atoms with van der Waals surface area (Å²) in [6.07, 6.45) is 0.844. The van der Waals surface area contributed by atoms with Crippen molar-refractivity contribution in [2.75, 3.05) is 6.61 Å². The zero-order chi connectivity index (χ0) is 14.7. The third kappa shape index (κ3) is 2.74. The molecule has 1 heterocycles. The van der Waals surface area contributed by atoms with E-state index in [1.807, 2.05) is 30.3 Å². The highest BCUT2D eigenvalue weighted by Gasteiger charge is 2.20. The quantitative estimate of drug-likeness (QED) is 0.939. The Morgan fingerprint density at radius 3 is 2.95 bits per heavy atom. The highest BCUT2D eigenvalue weighted by atomic mass is 19.1. The van der Waals surface area contributed by atoms with Crippen LogP contribution in [0.15, 0.2) is 42.5 Å². The fourth-order valence-electron chi connectivity index (χ4n) is 2.59. The highest BCUT2D eigenvalue weighted by Crippen LogP contribution is 2.31. The number of ether oxygens (including phenoxy) is 1. The molecule has 0 aliphatic carbocycles. The van der Waals surface area contributed by atoms with Gasteiger partial charge in [-0.05, 0) is 12.1 Å². The van der Waals surface area contributed by atoms with Crippen molar-refractivity contribution < 1.29 is 9.13 Å². The summed E-state index contributed by atoms with van der Waals surface area (Å²) in [5, 5.41) is 12.2. The summed E-state index contributed by atoms with van der Waals surface area (Å²) in [4.78, 5) is 0. The predicted molar refractivity (Wildman–Crippen MR) is 77.2 cm³/mol. The Morgan fingerprint density at radius 1 is 1.24 bits per heavy atom. The van der Waals surface area contributed by atoms with Crippen LogP contribution in [0.2, 0.25) is 0 Å². The molecule has 0 radical (unpaired) electrons. The summed E-state index contributed by atoms with van der Waals surface area (Å²) in [6, 6.07) is 14.8. The Balaban J connectivity index is 1.76. The molecule has 0 aromatic heterocycles. The molecule has 0 spiro atoms. The van der Waals surface area contributed by atoms with Gasteiger partial charge in [0.25, 0.3) is 0 Å². The van der Waals surface area contributed by atoms with Crippen molar-refractivity contribution in [3.63, 3.8) is 0 Å². The molecule has 1 aliphatic rings. The van der Waals surface area contributed by atoms with Gasteiger partial charge in [0.1, 0.15) is 17.6 Å². The van der Waals surface area contributed by atoms with Gasteiger partial charge in [-0.1, -0.05) is 30.3 Å². The lowest BCUT2D eigenvalue weighted by molar-refractivity contribution is 0.252. The van der Waals surface area contributed by atoms with Gasteiger partial charge in [0.2, 0.25) is 0 Å². The lowest BCUT2D eigenvalue weighted by atomic mass is 10.00. The van der Waals surface area contributed by atoms with Crippen LogP contribution in [0.3, 0.4) is 0 Å². The molecular weight excluding hydrogens is 267 g/mol. The molecule has 0 fully saturated rings. The van der Waals surface area contributed by atoms with E-state index >= 15 is 0 Å². The number of rotatable bonds is 3. The van der Waals surface area contributed by atoms with Crippen molar-refractivity contribution in [3.8, 4) is 11.8 Å². The first-order valence-corrected chi connectivity index (χ1v) is 6.92. The number of nitrogens with one attached hydrogen (secondary N) is 1. The normalized spacial score (nSPS) is 16.7. The molecule has 1 atom stereocenters. The van der Waals surface area contributed by atoms with Crippen LogP contribution in [0.25, 0.3) is 0 Å². The standard InChI is InChI=1S/C17H15FN2O/c18-17-12(10-19)4-3-5-13(17)11-20-15-8-9-21-16-7-2-1-6-14(15)16/h1-7,15,20H,8-9,11H2. The summed E-state index contributed by atoms with van der Waals surface area (Å²) < 4.78 is 19.6. The van der Waals surface area contributed by atoms with Gasteiger partial charge in [-0.2, -0.15) is 5.26 Å². The van der Waals surface area contributed by atoms with Crippen LogP contribution in [0, 0.1) is 17.1 Å². The van der Waals surface area contributed by atoms with Gasteiger partial charge in [-0.15, -0.1) is 0 Å². The van der Waals surface area contributed by atoms with Crippen LogP contribution in [-0.4, -0.2) is 6.61 Å². The number of halogens is 1. The van der Waals surface area contributed by atoms with Crippen LogP contribution in [-0.2, 0) is 6.54 Å². The molecule has 1 aliphatic heterocycles. The van der Waals surface area contributed by atoms with Crippen molar-refractivity contribution in [1.82, 2.24) is 5.32 Å². The van der Waals surface area contributed by atoms with E-state index in [-0.39, 0.29) is 11.6 Å². The number of para-hydroxylation sites is 1. The number of hydrogen-bond donors (Lipinski definition) is 1. The second-order valence-corrected chi connectivity index (χ2v) is 5.00. The van der Waals surface area contributed by atoms with Gasteiger partial charge >= 0.3 is 0 Å². The van der Waals surface area contributed by atoms with Gasteiger partial charge in [-0.25, -0.2) is 4.39 Å². The van der Waals surface area contributed by atoms with Gasteiger partial charge in [-0.3, -0.25) is 0 Å². The van der Waals surface area contributed by atoms with Crippen molar-refractivity contribution in [2.45, 2.75) is 19.0 Å². The van der Waals surface area contributed by atoms with E-state index in [0.29, 0.717) is 18.7 Å². The molecule has 1 N–H and O–H groups in total. The molecule has 4 heteroatoms. The van der Waals surface area contributed by atoms with Crippen molar-refractivity contribution in [3.05, 3.63) is 65.0 Å². The third-order valence-electron chi connectivity index (χ3n) is 3.70. The van der Waals surface area contributed by atoms with Crippen molar-refractivity contribution >= 4 is 0 Å². The van der Waals surface area contributed by atoms with Crippen LogP contribution in [0.5, 0.6) is 5.75 Å². The van der Waals surface area contributed by atoms with Crippen LogP contribution in [0.1, 0.15) is 29.2 Å². The summed E-state index contributed by atoms with van der Waals surface area (Å²) in [5.74, 6) is 0.445. The third-order valence-corrected chi connectivity index (χ3v) is 3.70. The average molecular weight is 282 g/mol. The number of hydrogen-bond acceptors (Lipinski definition) is 3. The Kier molecular flexibility index (Phi) is 3.85. The smallest absolute Gasteiger partial charge is 0.145 e. The van der Waals surface area contributed by atoms with E-state index in [2.05, 4.69) is 5.32 Å². The van der Waals surface area contributed by atoms with Gasteiger partial charge < -0.3 is 10.1 Å². The Labute approximate surface area is 123 Å². The summed E-state index contributed by atoms with van der Waals surface area (Å²) >= 11 is 0. The summed E-state index contributed by atoms with van der Waals surface area (Å²) in [6.45, 7) is 1.04. The zero-order valence-corrected chi connectivity index (χ0v) is 11.5. The number of nitriles is 1. The second-order valence-electron chi connectivity index (χ2n) is 5.00. The van der Waals surface area contributed by atoms with E-state index in [1.165, 1.54) is 6.07 Å². The van der Waals surface area contributed by atoms with Gasteiger partial charge in [0.15, 0.2) is 0 Å². The molecule has 0 bridgehead atoms. The van der Waals surface area contributed by atoms with Crippen LogP contribution in [0.4, 0.5) is 4.39 Å². The first-order chi connectivity index (χ1) is 10.3. The Bertz CT molecular complexity index is 693. The molecule has 0 saturated heterocycles. The van der Waals surface area contributed by atoms with Gasteiger partial charge in [0, 0.05) is 30.1 Å². The molecule has 0 saturated carbocycles. The summed E-state index contributed by atoms with van der Waals surface area (Å²) in [7, 11) is 0. The maximum absolute atomic E-state index is 14.0. The fourth-order valence-corrected chi connectivity index (χ4v) is 2.59. The minimum atomic E-state index is -0.437. The number of nitrogens with zero attached hydrogens (tertiary/aromatic N) is 1.